The van der Waals surface area contributed by atoms with E-state index in [-0.39, 0.29) is 0 Å². The summed E-state index contributed by atoms with van der Waals surface area (Å²) in [4.78, 5) is 6.83. The van der Waals surface area contributed by atoms with Gasteiger partial charge in [0.1, 0.15) is 0 Å². The molecule has 3 nitrogen and oxygen atoms in total. The normalized spacial score (nSPS) is 13.4. The van der Waals surface area contributed by atoms with Crippen LogP contribution in [0, 0.1) is 12.8 Å². The molecule has 0 aliphatic heterocycles. The second-order valence-electron chi connectivity index (χ2n) is 5.20. The Labute approximate surface area is 105 Å². The van der Waals surface area contributed by atoms with Crippen LogP contribution in [-0.4, -0.2) is 29.5 Å². The van der Waals surface area contributed by atoms with Crippen LogP contribution in [0.1, 0.15) is 31.7 Å². The van der Waals surface area contributed by atoms with E-state index >= 15 is 0 Å². The number of aromatic nitrogens is 1. The van der Waals surface area contributed by atoms with Crippen molar-refractivity contribution in [3.8, 4) is 0 Å². The molecule has 17 heavy (non-hydrogen) atoms. The summed E-state index contributed by atoms with van der Waals surface area (Å²) in [6.45, 7) is 8.08. The van der Waals surface area contributed by atoms with E-state index < -0.39 is 0 Å². The van der Waals surface area contributed by atoms with E-state index in [4.69, 9.17) is 5.73 Å². The summed E-state index contributed by atoms with van der Waals surface area (Å²) in [5.41, 5.74) is 8.04. The van der Waals surface area contributed by atoms with Crippen LogP contribution in [-0.2, 0) is 6.54 Å². The van der Waals surface area contributed by atoms with Crippen LogP contribution in [0.3, 0.4) is 0 Å². The Morgan fingerprint density at radius 3 is 2.59 bits per heavy atom. The Bertz CT molecular complexity index is 336. The lowest BCUT2D eigenvalue weighted by Crippen LogP contribution is -2.38. The minimum absolute atomic E-state index is 0.442. The molecule has 2 N–H and O–H groups in total. The van der Waals surface area contributed by atoms with E-state index in [2.05, 4.69) is 42.9 Å². The van der Waals surface area contributed by atoms with Crippen molar-refractivity contribution in [1.82, 2.24) is 9.88 Å². The maximum atomic E-state index is 5.84. The SMILES string of the molecule is Cc1cccc(CN(C)C(CN)CC(C)C)n1. The molecule has 1 aromatic heterocycles. The fraction of sp³-hybridized carbons (Fsp3) is 0.643. The third kappa shape index (κ3) is 4.84. The van der Waals surface area contributed by atoms with E-state index in [9.17, 15) is 0 Å². The monoisotopic (exact) mass is 235 g/mol. The standard InChI is InChI=1S/C14H25N3/c1-11(2)8-14(9-15)17(4)10-13-7-5-6-12(3)16-13/h5-7,11,14H,8-10,15H2,1-4H3. The van der Waals surface area contributed by atoms with E-state index in [1.807, 2.05) is 13.0 Å². The maximum Gasteiger partial charge on any atom is 0.0547 e. The highest BCUT2D eigenvalue weighted by molar-refractivity contribution is 5.09. The number of hydrogen-bond donors (Lipinski definition) is 1. The highest BCUT2D eigenvalue weighted by atomic mass is 15.1. The average molecular weight is 235 g/mol. The van der Waals surface area contributed by atoms with Crippen LogP contribution >= 0.6 is 0 Å². The second kappa shape index (κ2) is 6.72. The first-order chi connectivity index (χ1) is 8.02. The number of aryl methyl sites for hydroxylation is 1. The molecule has 96 valence electrons. The summed E-state index contributed by atoms with van der Waals surface area (Å²) in [7, 11) is 2.13. The van der Waals surface area contributed by atoms with Gasteiger partial charge in [0.15, 0.2) is 0 Å². The summed E-state index contributed by atoms with van der Waals surface area (Å²) in [5.74, 6) is 0.677. The topological polar surface area (TPSA) is 42.1 Å². The molecule has 1 rings (SSSR count). The third-order valence-electron chi connectivity index (χ3n) is 3.00. The number of rotatable bonds is 6. The van der Waals surface area contributed by atoms with E-state index in [0.29, 0.717) is 18.5 Å². The summed E-state index contributed by atoms with van der Waals surface area (Å²) in [6, 6.07) is 6.60. The van der Waals surface area contributed by atoms with Gasteiger partial charge in [-0.25, -0.2) is 0 Å². The quantitative estimate of drug-likeness (QED) is 0.822. The molecular weight excluding hydrogens is 210 g/mol. The fourth-order valence-corrected chi connectivity index (χ4v) is 2.07. The van der Waals surface area contributed by atoms with Gasteiger partial charge in [-0.1, -0.05) is 19.9 Å². The molecule has 0 aliphatic carbocycles. The lowest BCUT2D eigenvalue weighted by Gasteiger charge is -2.28. The minimum atomic E-state index is 0.442. The van der Waals surface area contributed by atoms with Gasteiger partial charge < -0.3 is 5.73 Å². The molecule has 0 aliphatic rings. The van der Waals surface area contributed by atoms with Gasteiger partial charge in [0.2, 0.25) is 0 Å². The van der Waals surface area contributed by atoms with Gasteiger partial charge in [0.25, 0.3) is 0 Å². The Morgan fingerprint density at radius 2 is 2.06 bits per heavy atom. The zero-order valence-corrected chi connectivity index (χ0v) is 11.5. The molecular formula is C14H25N3. The second-order valence-corrected chi connectivity index (χ2v) is 5.20. The molecule has 1 atom stereocenters. The van der Waals surface area contributed by atoms with Gasteiger partial charge in [-0.3, -0.25) is 9.88 Å². The summed E-state index contributed by atoms with van der Waals surface area (Å²) in [5, 5.41) is 0. The van der Waals surface area contributed by atoms with Gasteiger partial charge in [-0.15, -0.1) is 0 Å². The highest BCUT2D eigenvalue weighted by Crippen LogP contribution is 2.12. The first-order valence-electron chi connectivity index (χ1n) is 6.35. The molecule has 0 saturated heterocycles. The largest absolute Gasteiger partial charge is 0.329 e. The molecule has 1 aromatic rings. The van der Waals surface area contributed by atoms with Crippen LogP contribution in [0.25, 0.3) is 0 Å². The Balaban J connectivity index is 2.60. The first-order valence-corrected chi connectivity index (χ1v) is 6.35. The lowest BCUT2D eigenvalue weighted by atomic mass is 10.0. The molecule has 1 heterocycles. The lowest BCUT2D eigenvalue weighted by molar-refractivity contribution is 0.208. The molecule has 0 spiro atoms. The smallest absolute Gasteiger partial charge is 0.0547 e. The third-order valence-corrected chi connectivity index (χ3v) is 3.00. The van der Waals surface area contributed by atoms with Gasteiger partial charge in [-0.05, 0) is 38.4 Å². The first kappa shape index (κ1) is 14.1. The van der Waals surface area contributed by atoms with Gasteiger partial charge >= 0.3 is 0 Å². The van der Waals surface area contributed by atoms with Gasteiger partial charge in [0, 0.05) is 24.8 Å². The van der Waals surface area contributed by atoms with Crippen molar-refractivity contribution in [3.05, 3.63) is 29.6 Å². The van der Waals surface area contributed by atoms with Gasteiger partial charge in [-0.2, -0.15) is 0 Å². The zero-order valence-electron chi connectivity index (χ0n) is 11.5. The molecule has 3 heteroatoms. The van der Waals surface area contributed by atoms with Crippen molar-refractivity contribution >= 4 is 0 Å². The number of pyridine rings is 1. The molecule has 0 bridgehead atoms. The van der Waals surface area contributed by atoms with Crippen LogP contribution in [0.4, 0.5) is 0 Å². The van der Waals surface area contributed by atoms with Crippen LogP contribution < -0.4 is 5.73 Å². The minimum Gasteiger partial charge on any atom is -0.329 e. The zero-order chi connectivity index (χ0) is 12.8. The van der Waals surface area contributed by atoms with Crippen LogP contribution in [0.15, 0.2) is 18.2 Å². The van der Waals surface area contributed by atoms with Crippen LogP contribution in [0.5, 0.6) is 0 Å². The van der Waals surface area contributed by atoms with E-state index in [1.54, 1.807) is 0 Å². The van der Waals surface area contributed by atoms with Crippen molar-refractivity contribution in [3.63, 3.8) is 0 Å². The molecule has 0 radical (unpaired) electrons. The summed E-state index contributed by atoms with van der Waals surface area (Å²) < 4.78 is 0. The van der Waals surface area contributed by atoms with Crippen molar-refractivity contribution in [1.29, 1.82) is 0 Å². The fourth-order valence-electron chi connectivity index (χ4n) is 2.07. The molecule has 0 fully saturated rings. The molecule has 0 saturated carbocycles. The van der Waals surface area contributed by atoms with E-state index in [0.717, 1.165) is 24.4 Å². The van der Waals surface area contributed by atoms with Crippen molar-refractivity contribution < 1.29 is 0 Å². The molecule has 1 unspecified atom stereocenters. The molecule has 0 aromatic carbocycles. The van der Waals surface area contributed by atoms with Crippen molar-refractivity contribution in [2.24, 2.45) is 11.7 Å². The Kier molecular flexibility index (Phi) is 5.59. The highest BCUT2D eigenvalue weighted by Gasteiger charge is 2.15. The predicted octanol–water partition coefficient (Wildman–Crippen LogP) is 2.20. The summed E-state index contributed by atoms with van der Waals surface area (Å²) >= 11 is 0. The summed E-state index contributed by atoms with van der Waals surface area (Å²) in [6.07, 6.45) is 1.14. The number of hydrogen-bond acceptors (Lipinski definition) is 3. The Hall–Kier alpha value is -0.930. The van der Waals surface area contributed by atoms with Gasteiger partial charge in [0.05, 0.1) is 5.69 Å². The average Bonchev–Trinajstić information content (AvgIpc) is 2.25. The van der Waals surface area contributed by atoms with Crippen LogP contribution in [0.2, 0.25) is 0 Å². The van der Waals surface area contributed by atoms with Crippen molar-refractivity contribution in [2.75, 3.05) is 13.6 Å². The maximum absolute atomic E-state index is 5.84. The molecule has 0 amide bonds. The van der Waals surface area contributed by atoms with E-state index in [1.165, 1.54) is 0 Å². The van der Waals surface area contributed by atoms with Crippen molar-refractivity contribution in [2.45, 2.75) is 39.8 Å². The number of nitrogens with two attached hydrogens (primary N) is 1. The Morgan fingerprint density at radius 1 is 1.35 bits per heavy atom. The number of nitrogens with zero attached hydrogens (tertiary/aromatic N) is 2. The predicted molar refractivity (Wildman–Crippen MR) is 72.7 cm³/mol. The number of likely N-dealkylation sites (N-methyl/N-ethyl adjacent to an activating group) is 1.